The standard InChI is InChI=1S/C15H23ClN2OS/c1-10(9-20-6)18(5)14(19)11-7-12(15(2,3)4)17-13(16)8-11/h7-8,10H,9H2,1-6H3. The highest BCUT2D eigenvalue weighted by Gasteiger charge is 2.22. The lowest BCUT2D eigenvalue weighted by Crippen LogP contribution is -2.36. The van der Waals surface area contributed by atoms with Gasteiger partial charge in [-0.3, -0.25) is 4.79 Å². The Kier molecular flexibility index (Phi) is 5.90. The Morgan fingerprint density at radius 1 is 1.45 bits per heavy atom. The Bertz CT molecular complexity index is 485. The predicted molar refractivity (Wildman–Crippen MR) is 87.9 cm³/mol. The van der Waals surface area contributed by atoms with Crippen LogP contribution in [0.3, 0.4) is 0 Å². The highest BCUT2D eigenvalue weighted by atomic mass is 35.5. The van der Waals surface area contributed by atoms with Crippen molar-refractivity contribution in [2.24, 2.45) is 0 Å². The number of hydrogen-bond donors (Lipinski definition) is 0. The number of aromatic nitrogens is 1. The molecule has 0 spiro atoms. The second-order valence-corrected chi connectivity index (χ2v) is 7.33. The van der Waals surface area contributed by atoms with Crippen LogP contribution in [0.2, 0.25) is 5.15 Å². The van der Waals surface area contributed by atoms with E-state index in [2.05, 4.69) is 25.8 Å². The molecule has 1 aromatic rings. The summed E-state index contributed by atoms with van der Waals surface area (Å²) in [5, 5.41) is 0.367. The van der Waals surface area contributed by atoms with Gasteiger partial charge in [0.1, 0.15) is 5.15 Å². The van der Waals surface area contributed by atoms with Gasteiger partial charge in [-0.05, 0) is 25.3 Å². The summed E-state index contributed by atoms with van der Waals surface area (Å²) in [4.78, 5) is 18.6. The molecule has 0 radical (unpaired) electrons. The second-order valence-electron chi connectivity index (χ2n) is 6.03. The predicted octanol–water partition coefficient (Wildman–Crippen LogP) is 3.86. The van der Waals surface area contributed by atoms with E-state index >= 15 is 0 Å². The van der Waals surface area contributed by atoms with Gasteiger partial charge in [-0.15, -0.1) is 0 Å². The van der Waals surface area contributed by atoms with Gasteiger partial charge in [0, 0.05) is 35.5 Å². The van der Waals surface area contributed by atoms with E-state index in [1.807, 2.05) is 26.3 Å². The van der Waals surface area contributed by atoms with Crippen molar-refractivity contribution < 1.29 is 4.79 Å². The third kappa shape index (κ3) is 4.38. The molecule has 0 N–H and O–H groups in total. The Balaban J connectivity index is 3.07. The van der Waals surface area contributed by atoms with Crippen LogP contribution in [0.5, 0.6) is 0 Å². The zero-order chi connectivity index (χ0) is 15.5. The van der Waals surface area contributed by atoms with Crippen LogP contribution in [-0.2, 0) is 5.41 Å². The molecule has 0 aliphatic heterocycles. The highest BCUT2D eigenvalue weighted by Crippen LogP contribution is 2.24. The van der Waals surface area contributed by atoms with Crippen LogP contribution in [0, 0.1) is 0 Å². The topological polar surface area (TPSA) is 33.2 Å². The van der Waals surface area contributed by atoms with Crippen molar-refractivity contribution in [1.29, 1.82) is 0 Å². The van der Waals surface area contributed by atoms with Crippen LogP contribution in [0.1, 0.15) is 43.7 Å². The van der Waals surface area contributed by atoms with Crippen molar-refractivity contribution in [1.82, 2.24) is 9.88 Å². The minimum Gasteiger partial charge on any atom is -0.338 e. The highest BCUT2D eigenvalue weighted by molar-refractivity contribution is 7.98. The quantitative estimate of drug-likeness (QED) is 0.791. The van der Waals surface area contributed by atoms with Crippen molar-refractivity contribution in [2.75, 3.05) is 19.1 Å². The maximum absolute atomic E-state index is 12.5. The fourth-order valence-corrected chi connectivity index (χ4v) is 2.68. The van der Waals surface area contributed by atoms with Gasteiger partial charge in [0.05, 0.1) is 0 Å². The van der Waals surface area contributed by atoms with Crippen molar-refractivity contribution in [3.8, 4) is 0 Å². The number of pyridine rings is 1. The fourth-order valence-electron chi connectivity index (χ4n) is 1.76. The Morgan fingerprint density at radius 2 is 2.05 bits per heavy atom. The number of halogens is 1. The molecule has 0 saturated carbocycles. The SMILES string of the molecule is CSCC(C)N(C)C(=O)c1cc(Cl)nc(C(C)(C)C)c1. The molecule has 0 saturated heterocycles. The van der Waals surface area contributed by atoms with Crippen molar-refractivity contribution in [3.05, 3.63) is 28.5 Å². The van der Waals surface area contributed by atoms with Crippen LogP contribution >= 0.6 is 23.4 Å². The van der Waals surface area contributed by atoms with Crippen LogP contribution < -0.4 is 0 Å². The molecule has 1 amide bonds. The molecule has 0 bridgehead atoms. The van der Waals surface area contributed by atoms with E-state index in [0.29, 0.717) is 10.7 Å². The summed E-state index contributed by atoms with van der Waals surface area (Å²) in [6.45, 7) is 8.21. The lowest BCUT2D eigenvalue weighted by molar-refractivity contribution is 0.0757. The fraction of sp³-hybridized carbons (Fsp3) is 0.600. The largest absolute Gasteiger partial charge is 0.338 e. The van der Waals surface area contributed by atoms with Crippen LogP contribution in [0.25, 0.3) is 0 Å². The first-order valence-corrected chi connectivity index (χ1v) is 8.38. The third-order valence-corrected chi connectivity index (χ3v) is 4.21. The molecule has 0 aliphatic rings. The van der Waals surface area contributed by atoms with Crippen molar-refractivity contribution >= 4 is 29.3 Å². The van der Waals surface area contributed by atoms with Gasteiger partial charge in [-0.1, -0.05) is 32.4 Å². The molecule has 112 valence electrons. The molecule has 0 aliphatic carbocycles. The first-order valence-electron chi connectivity index (χ1n) is 6.61. The number of carbonyl (C=O) groups is 1. The first-order chi connectivity index (χ1) is 9.16. The van der Waals surface area contributed by atoms with Crippen molar-refractivity contribution in [2.45, 2.75) is 39.2 Å². The normalized spacial score (nSPS) is 13.2. The number of amides is 1. The summed E-state index contributed by atoms with van der Waals surface area (Å²) in [6, 6.07) is 3.67. The van der Waals surface area contributed by atoms with Gasteiger partial charge in [0.15, 0.2) is 0 Å². The zero-order valence-electron chi connectivity index (χ0n) is 13.0. The van der Waals surface area contributed by atoms with Crippen LogP contribution in [0.4, 0.5) is 0 Å². The molecule has 1 aromatic heterocycles. The number of rotatable bonds is 4. The molecule has 0 fully saturated rings. The molecular formula is C15H23ClN2OS. The second kappa shape index (κ2) is 6.81. The molecule has 5 heteroatoms. The summed E-state index contributed by atoms with van der Waals surface area (Å²) in [6.07, 6.45) is 2.04. The van der Waals surface area contributed by atoms with E-state index in [4.69, 9.17) is 11.6 Å². The van der Waals surface area contributed by atoms with Crippen LogP contribution in [-0.4, -0.2) is 40.9 Å². The molecule has 1 unspecified atom stereocenters. The van der Waals surface area contributed by atoms with Gasteiger partial charge >= 0.3 is 0 Å². The Labute approximate surface area is 131 Å². The summed E-state index contributed by atoms with van der Waals surface area (Å²) in [5.74, 6) is 0.897. The van der Waals surface area contributed by atoms with E-state index in [-0.39, 0.29) is 17.4 Å². The van der Waals surface area contributed by atoms with E-state index in [0.717, 1.165) is 11.4 Å². The van der Waals surface area contributed by atoms with Gasteiger partial charge in [-0.25, -0.2) is 4.98 Å². The maximum atomic E-state index is 12.5. The minimum absolute atomic E-state index is 0.0126. The monoisotopic (exact) mass is 314 g/mol. The number of thioether (sulfide) groups is 1. The molecule has 20 heavy (non-hydrogen) atoms. The van der Waals surface area contributed by atoms with E-state index in [1.165, 1.54) is 0 Å². The molecule has 3 nitrogen and oxygen atoms in total. The van der Waals surface area contributed by atoms with E-state index < -0.39 is 0 Å². The molecular weight excluding hydrogens is 292 g/mol. The summed E-state index contributed by atoms with van der Waals surface area (Å²) in [7, 11) is 1.83. The molecule has 1 rings (SSSR count). The average Bonchev–Trinajstić information content (AvgIpc) is 2.35. The molecule has 0 aromatic carbocycles. The maximum Gasteiger partial charge on any atom is 0.254 e. The van der Waals surface area contributed by atoms with Gasteiger partial charge in [0.25, 0.3) is 5.91 Å². The minimum atomic E-state index is -0.136. The number of carbonyl (C=O) groups excluding carboxylic acids is 1. The Morgan fingerprint density at radius 3 is 2.55 bits per heavy atom. The summed E-state index contributed by atoms with van der Waals surface area (Å²) < 4.78 is 0. The first kappa shape index (κ1) is 17.3. The average molecular weight is 315 g/mol. The Hall–Kier alpha value is -0.740. The van der Waals surface area contributed by atoms with E-state index in [9.17, 15) is 4.79 Å². The smallest absolute Gasteiger partial charge is 0.254 e. The zero-order valence-corrected chi connectivity index (χ0v) is 14.6. The summed E-state index contributed by atoms with van der Waals surface area (Å²) >= 11 is 7.79. The van der Waals surface area contributed by atoms with Gasteiger partial charge in [-0.2, -0.15) is 11.8 Å². The molecule has 1 atom stereocenters. The van der Waals surface area contributed by atoms with Gasteiger partial charge < -0.3 is 4.90 Å². The van der Waals surface area contributed by atoms with Crippen LogP contribution in [0.15, 0.2) is 12.1 Å². The lowest BCUT2D eigenvalue weighted by Gasteiger charge is -2.25. The summed E-state index contributed by atoms with van der Waals surface area (Å²) in [5.41, 5.74) is 1.30. The number of hydrogen-bond acceptors (Lipinski definition) is 3. The third-order valence-electron chi connectivity index (χ3n) is 3.20. The van der Waals surface area contributed by atoms with E-state index in [1.54, 1.807) is 22.7 Å². The van der Waals surface area contributed by atoms with Gasteiger partial charge in [0.2, 0.25) is 0 Å². The molecule has 1 heterocycles. The number of nitrogens with zero attached hydrogens (tertiary/aromatic N) is 2. The lowest BCUT2D eigenvalue weighted by atomic mass is 9.90. The van der Waals surface area contributed by atoms with Crippen molar-refractivity contribution in [3.63, 3.8) is 0 Å².